The fourth-order valence-corrected chi connectivity index (χ4v) is 3.39. The number of benzene rings is 2. The average molecular weight is 347 g/mol. The van der Waals surface area contributed by atoms with Crippen molar-refractivity contribution in [3.8, 4) is 5.75 Å². The van der Waals surface area contributed by atoms with Crippen molar-refractivity contribution in [1.29, 1.82) is 0 Å². The van der Waals surface area contributed by atoms with E-state index in [1.54, 1.807) is 18.2 Å². The highest BCUT2D eigenvalue weighted by atomic mass is 32.2. The van der Waals surface area contributed by atoms with E-state index < -0.39 is 16.0 Å². The first-order valence-electron chi connectivity index (χ1n) is 6.78. The van der Waals surface area contributed by atoms with Crippen molar-refractivity contribution in [2.24, 2.45) is 0 Å². The molecule has 3 aromatic rings. The molecule has 0 aliphatic carbocycles. The maximum Gasteiger partial charge on any atom is 0.339 e. The number of H-pyrrole nitrogens is 1. The second kappa shape index (κ2) is 5.85. The van der Waals surface area contributed by atoms with Crippen molar-refractivity contribution in [3.05, 3.63) is 48.2 Å². The van der Waals surface area contributed by atoms with E-state index in [9.17, 15) is 18.3 Å². The van der Waals surface area contributed by atoms with Crippen LogP contribution < -0.4 is 9.46 Å². The lowest BCUT2D eigenvalue weighted by Gasteiger charge is -2.11. The second-order valence-corrected chi connectivity index (χ2v) is 6.59. The number of aromatic amines is 1. The van der Waals surface area contributed by atoms with Gasteiger partial charge in [-0.25, -0.2) is 13.2 Å². The molecule has 8 nitrogen and oxygen atoms in total. The van der Waals surface area contributed by atoms with Crippen molar-refractivity contribution in [3.63, 3.8) is 0 Å². The molecule has 0 saturated heterocycles. The van der Waals surface area contributed by atoms with Gasteiger partial charge in [0, 0.05) is 5.39 Å². The third-order valence-electron chi connectivity index (χ3n) is 3.44. The molecule has 24 heavy (non-hydrogen) atoms. The molecule has 0 aliphatic heterocycles. The van der Waals surface area contributed by atoms with Gasteiger partial charge in [-0.3, -0.25) is 9.82 Å². The SMILES string of the molecule is COc1ccc(S(=O)(=O)Nc2cccc3[nH]ncc23)cc1C(=O)O. The molecule has 3 N–H and O–H groups in total. The predicted molar refractivity (Wildman–Crippen MR) is 86.9 cm³/mol. The number of nitrogens with one attached hydrogen (secondary N) is 2. The first kappa shape index (κ1) is 15.8. The number of sulfonamides is 1. The van der Waals surface area contributed by atoms with E-state index in [1.807, 2.05) is 0 Å². The van der Waals surface area contributed by atoms with E-state index in [2.05, 4.69) is 14.9 Å². The third-order valence-corrected chi connectivity index (χ3v) is 4.80. The van der Waals surface area contributed by atoms with Crippen molar-refractivity contribution < 1.29 is 23.1 Å². The summed E-state index contributed by atoms with van der Waals surface area (Å²) in [5.74, 6) is -1.20. The van der Waals surface area contributed by atoms with Crippen LogP contribution in [-0.4, -0.2) is 36.8 Å². The molecule has 0 aliphatic rings. The number of methoxy groups -OCH3 is 1. The van der Waals surface area contributed by atoms with Gasteiger partial charge in [-0.05, 0) is 30.3 Å². The number of carboxylic acids is 1. The summed E-state index contributed by atoms with van der Waals surface area (Å²) >= 11 is 0. The first-order chi connectivity index (χ1) is 11.4. The Morgan fingerprint density at radius 3 is 2.79 bits per heavy atom. The van der Waals surface area contributed by atoms with Gasteiger partial charge in [0.05, 0.1) is 29.4 Å². The molecular weight excluding hydrogens is 334 g/mol. The molecule has 0 bridgehead atoms. The van der Waals surface area contributed by atoms with Crippen LogP contribution in [0.3, 0.4) is 0 Å². The molecule has 1 aromatic heterocycles. The van der Waals surface area contributed by atoms with Crippen LogP contribution in [0.25, 0.3) is 10.9 Å². The summed E-state index contributed by atoms with van der Waals surface area (Å²) in [6.45, 7) is 0. The number of carbonyl (C=O) groups is 1. The topological polar surface area (TPSA) is 121 Å². The summed E-state index contributed by atoms with van der Waals surface area (Å²) in [7, 11) is -2.66. The van der Waals surface area contributed by atoms with Crippen molar-refractivity contribution in [2.75, 3.05) is 11.8 Å². The van der Waals surface area contributed by atoms with Crippen LogP contribution >= 0.6 is 0 Å². The molecule has 0 atom stereocenters. The lowest BCUT2D eigenvalue weighted by atomic mass is 10.2. The monoisotopic (exact) mass is 347 g/mol. The van der Waals surface area contributed by atoms with Gasteiger partial charge < -0.3 is 9.84 Å². The maximum atomic E-state index is 12.6. The van der Waals surface area contributed by atoms with E-state index in [-0.39, 0.29) is 16.2 Å². The highest BCUT2D eigenvalue weighted by Gasteiger charge is 2.20. The number of ether oxygens (including phenoxy) is 1. The fraction of sp³-hybridized carbons (Fsp3) is 0.0667. The number of anilines is 1. The van der Waals surface area contributed by atoms with E-state index in [1.165, 1.54) is 25.4 Å². The van der Waals surface area contributed by atoms with E-state index in [0.717, 1.165) is 6.07 Å². The van der Waals surface area contributed by atoms with Gasteiger partial charge in [0.15, 0.2) is 0 Å². The molecule has 0 radical (unpaired) electrons. The van der Waals surface area contributed by atoms with Gasteiger partial charge in [-0.2, -0.15) is 5.10 Å². The van der Waals surface area contributed by atoms with Crippen LogP contribution in [0.5, 0.6) is 5.75 Å². The van der Waals surface area contributed by atoms with Crippen LogP contribution in [0.4, 0.5) is 5.69 Å². The van der Waals surface area contributed by atoms with E-state index in [4.69, 9.17) is 4.74 Å². The zero-order valence-corrected chi connectivity index (χ0v) is 13.3. The number of hydrogen-bond acceptors (Lipinski definition) is 5. The van der Waals surface area contributed by atoms with Crippen LogP contribution in [0.15, 0.2) is 47.5 Å². The summed E-state index contributed by atoms with van der Waals surface area (Å²) in [4.78, 5) is 11.1. The predicted octanol–water partition coefficient (Wildman–Crippen LogP) is 2.07. The second-order valence-electron chi connectivity index (χ2n) is 4.91. The Morgan fingerprint density at radius 2 is 2.08 bits per heavy atom. The Balaban J connectivity index is 2.03. The Labute approximate surface area is 137 Å². The number of fused-ring (bicyclic) bond motifs is 1. The molecule has 9 heteroatoms. The third kappa shape index (κ3) is 2.76. The quantitative estimate of drug-likeness (QED) is 0.649. The molecule has 0 unspecified atom stereocenters. The lowest BCUT2D eigenvalue weighted by Crippen LogP contribution is -2.14. The summed E-state index contributed by atoms with van der Waals surface area (Å²) < 4.78 is 32.5. The highest BCUT2D eigenvalue weighted by molar-refractivity contribution is 7.92. The smallest absolute Gasteiger partial charge is 0.339 e. The minimum absolute atomic E-state index is 0.0818. The van der Waals surface area contributed by atoms with E-state index >= 15 is 0 Å². The molecular formula is C15H13N3O5S. The van der Waals surface area contributed by atoms with Crippen LogP contribution in [-0.2, 0) is 10.0 Å². The number of nitrogens with zero attached hydrogens (tertiary/aromatic N) is 1. The van der Waals surface area contributed by atoms with Crippen molar-refractivity contribution >= 4 is 32.6 Å². The first-order valence-corrected chi connectivity index (χ1v) is 8.27. The summed E-state index contributed by atoms with van der Waals surface area (Å²) in [5, 5.41) is 16.4. The minimum atomic E-state index is -3.97. The van der Waals surface area contributed by atoms with Gasteiger partial charge in [-0.1, -0.05) is 6.07 Å². The fourth-order valence-electron chi connectivity index (χ4n) is 2.28. The molecule has 0 saturated carbocycles. The summed E-state index contributed by atoms with van der Waals surface area (Å²) in [6.07, 6.45) is 1.50. The molecule has 1 heterocycles. The zero-order valence-electron chi connectivity index (χ0n) is 12.5. The molecule has 2 aromatic carbocycles. The number of carboxylic acid groups (broad SMARTS) is 1. The number of hydrogen-bond donors (Lipinski definition) is 3. The maximum absolute atomic E-state index is 12.6. The van der Waals surface area contributed by atoms with Gasteiger partial charge in [0.25, 0.3) is 10.0 Å². The van der Waals surface area contributed by atoms with Gasteiger partial charge in [0.2, 0.25) is 0 Å². The highest BCUT2D eigenvalue weighted by Crippen LogP contribution is 2.27. The van der Waals surface area contributed by atoms with Crippen molar-refractivity contribution in [2.45, 2.75) is 4.90 Å². The van der Waals surface area contributed by atoms with Gasteiger partial charge >= 0.3 is 5.97 Å². The molecule has 3 rings (SSSR count). The largest absolute Gasteiger partial charge is 0.496 e. The Bertz CT molecular complexity index is 1030. The molecule has 0 spiro atoms. The average Bonchev–Trinajstić information content (AvgIpc) is 3.03. The van der Waals surface area contributed by atoms with Gasteiger partial charge in [0.1, 0.15) is 11.3 Å². The normalized spacial score (nSPS) is 11.4. The summed E-state index contributed by atoms with van der Waals surface area (Å²) in [5.41, 5.74) is 0.784. The molecule has 0 amide bonds. The zero-order chi connectivity index (χ0) is 17.3. The van der Waals surface area contributed by atoms with Gasteiger partial charge in [-0.15, -0.1) is 0 Å². The summed E-state index contributed by atoms with van der Waals surface area (Å²) in [6, 6.07) is 8.67. The Morgan fingerprint density at radius 1 is 1.29 bits per heavy atom. The molecule has 124 valence electrons. The van der Waals surface area contributed by atoms with Crippen LogP contribution in [0.2, 0.25) is 0 Å². The minimum Gasteiger partial charge on any atom is -0.496 e. The van der Waals surface area contributed by atoms with Crippen LogP contribution in [0.1, 0.15) is 10.4 Å². The lowest BCUT2D eigenvalue weighted by molar-refractivity contribution is 0.0693. The van der Waals surface area contributed by atoms with Crippen molar-refractivity contribution in [1.82, 2.24) is 10.2 Å². The number of aromatic carboxylic acids is 1. The number of aromatic nitrogens is 2. The Hall–Kier alpha value is -3.07. The standard InChI is InChI=1S/C15H13N3O5S/c1-23-14-6-5-9(7-10(14)15(19)20)24(21,22)18-13-4-2-3-12-11(13)8-16-17-12/h2-8,18H,1H3,(H,16,17)(H,19,20). The Kier molecular flexibility index (Phi) is 3.86. The van der Waals surface area contributed by atoms with E-state index in [0.29, 0.717) is 16.6 Å². The number of rotatable bonds is 5. The molecule has 0 fully saturated rings. The van der Waals surface area contributed by atoms with Crippen LogP contribution in [0, 0.1) is 0 Å².